The summed E-state index contributed by atoms with van der Waals surface area (Å²) in [5.74, 6) is -0.256. The Balaban J connectivity index is 1.89. The molecule has 142 valence electrons. The van der Waals surface area contributed by atoms with Crippen molar-refractivity contribution in [3.05, 3.63) is 92.7 Å². The molecular weight excluding hydrogens is 417 g/mol. The van der Waals surface area contributed by atoms with Gasteiger partial charge in [0.2, 0.25) is 5.91 Å². The molecule has 0 atom stereocenters. The standard InChI is InChI=1S/C21H16Cl3N3O/c1-14(28)27(26-13-15-5-3-2-4-6-15)17-10-19(22)18(20(23)11-17)9-16-7-8-21(24)25-12-16/h2-8,10-13H,9H2,1H3. The zero-order valence-electron chi connectivity index (χ0n) is 14.9. The number of pyridine rings is 1. The molecule has 1 aromatic heterocycles. The second-order valence-corrected chi connectivity index (χ2v) is 7.24. The molecule has 0 aliphatic heterocycles. The summed E-state index contributed by atoms with van der Waals surface area (Å²) >= 11 is 18.7. The summed E-state index contributed by atoms with van der Waals surface area (Å²) in [4.78, 5) is 16.2. The number of rotatable bonds is 5. The predicted molar refractivity (Wildman–Crippen MR) is 116 cm³/mol. The molecule has 28 heavy (non-hydrogen) atoms. The van der Waals surface area contributed by atoms with E-state index in [4.69, 9.17) is 34.8 Å². The summed E-state index contributed by atoms with van der Waals surface area (Å²) in [5.41, 5.74) is 3.03. The van der Waals surface area contributed by atoms with Gasteiger partial charge in [0, 0.05) is 29.6 Å². The molecule has 0 fully saturated rings. The van der Waals surface area contributed by atoms with Crippen LogP contribution < -0.4 is 5.01 Å². The minimum absolute atomic E-state index is 0.256. The number of hydrogen-bond donors (Lipinski definition) is 0. The van der Waals surface area contributed by atoms with Crippen LogP contribution in [0.3, 0.4) is 0 Å². The molecule has 0 radical (unpaired) electrons. The smallest absolute Gasteiger partial charge is 0.244 e. The molecule has 3 rings (SSSR count). The molecule has 3 aromatic rings. The number of carbonyl (C=O) groups is 1. The van der Waals surface area contributed by atoms with E-state index in [2.05, 4.69) is 10.1 Å². The summed E-state index contributed by atoms with van der Waals surface area (Å²) in [7, 11) is 0. The topological polar surface area (TPSA) is 45.6 Å². The van der Waals surface area contributed by atoms with Gasteiger partial charge in [-0.2, -0.15) is 5.10 Å². The lowest BCUT2D eigenvalue weighted by molar-refractivity contribution is -0.116. The third-order valence-corrected chi connectivity index (χ3v) is 4.86. The molecule has 7 heteroatoms. The van der Waals surface area contributed by atoms with Crippen molar-refractivity contribution in [2.45, 2.75) is 13.3 Å². The van der Waals surface area contributed by atoms with Crippen LogP contribution in [0.4, 0.5) is 5.69 Å². The number of amides is 1. The van der Waals surface area contributed by atoms with Gasteiger partial charge in [-0.1, -0.05) is 71.2 Å². The van der Waals surface area contributed by atoms with Crippen molar-refractivity contribution in [2.75, 3.05) is 5.01 Å². The highest BCUT2D eigenvalue weighted by molar-refractivity contribution is 6.36. The SMILES string of the molecule is CC(=O)N(N=Cc1ccccc1)c1cc(Cl)c(Cc2ccc(Cl)nc2)c(Cl)c1. The van der Waals surface area contributed by atoms with E-state index in [9.17, 15) is 4.79 Å². The lowest BCUT2D eigenvalue weighted by atomic mass is 10.1. The van der Waals surface area contributed by atoms with Gasteiger partial charge in [-0.25, -0.2) is 9.99 Å². The Morgan fingerprint density at radius 1 is 1.07 bits per heavy atom. The van der Waals surface area contributed by atoms with E-state index >= 15 is 0 Å². The molecule has 4 nitrogen and oxygen atoms in total. The van der Waals surface area contributed by atoms with Crippen LogP contribution in [0.25, 0.3) is 0 Å². The first-order valence-corrected chi connectivity index (χ1v) is 9.55. The molecule has 2 aromatic carbocycles. The fraction of sp³-hybridized carbons (Fsp3) is 0.0952. The van der Waals surface area contributed by atoms with E-state index in [0.717, 1.165) is 16.7 Å². The maximum Gasteiger partial charge on any atom is 0.244 e. The molecule has 0 bridgehead atoms. The number of halogens is 3. The number of nitrogens with zero attached hydrogens (tertiary/aromatic N) is 3. The van der Waals surface area contributed by atoms with Crippen molar-refractivity contribution in [1.29, 1.82) is 0 Å². The van der Waals surface area contributed by atoms with E-state index in [-0.39, 0.29) is 5.91 Å². The third-order valence-electron chi connectivity index (χ3n) is 3.96. The van der Waals surface area contributed by atoms with E-state index in [0.29, 0.717) is 27.3 Å². The Hall–Kier alpha value is -2.40. The first kappa shape index (κ1) is 20.3. The summed E-state index contributed by atoms with van der Waals surface area (Å²) in [6, 6.07) is 16.4. The van der Waals surface area contributed by atoms with Gasteiger partial charge in [-0.3, -0.25) is 4.79 Å². The van der Waals surface area contributed by atoms with Crippen LogP contribution in [0.5, 0.6) is 0 Å². The minimum Gasteiger partial charge on any atom is -0.273 e. The molecule has 0 saturated heterocycles. The second kappa shape index (κ2) is 9.20. The van der Waals surface area contributed by atoms with Crippen molar-refractivity contribution in [1.82, 2.24) is 4.98 Å². The van der Waals surface area contributed by atoms with Crippen molar-refractivity contribution < 1.29 is 4.79 Å². The molecule has 0 N–H and O–H groups in total. The Bertz CT molecular complexity index is 982. The number of benzene rings is 2. The van der Waals surface area contributed by atoms with Crippen molar-refractivity contribution in [3.63, 3.8) is 0 Å². The van der Waals surface area contributed by atoms with E-state index in [1.54, 1.807) is 30.6 Å². The summed E-state index contributed by atoms with van der Waals surface area (Å²) in [6.07, 6.45) is 3.78. The molecular formula is C21H16Cl3N3O. The van der Waals surface area contributed by atoms with Gasteiger partial charge in [0.25, 0.3) is 0 Å². The summed E-state index contributed by atoms with van der Waals surface area (Å²) < 4.78 is 0. The average Bonchev–Trinajstić information content (AvgIpc) is 2.67. The number of anilines is 1. The van der Waals surface area contributed by atoms with Gasteiger partial charge in [-0.05, 0) is 34.9 Å². The van der Waals surface area contributed by atoms with Gasteiger partial charge in [0.05, 0.1) is 11.9 Å². The Morgan fingerprint density at radius 3 is 2.32 bits per heavy atom. The number of hydrogen-bond acceptors (Lipinski definition) is 3. The van der Waals surface area contributed by atoms with Crippen LogP contribution in [0.2, 0.25) is 15.2 Å². The highest BCUT2D eigenvalue weighted by Gasteiger charge is 2.16. The molecule has 1 heterocycles. The van der Waals surface area contributed by atoms with Gasteiger partial charge in [0.15, 0.2) is 0 Å². The quantitative estimate of drug-likeness (QED) is 0.281. The van der Waals surface area contributed by atoms with Gasteiger partial charge in [0.1, 0.15) is 5.15 Å². The van der Waals surface area contributed by atoms with Crippen LogP contribution in [0, 0.1) is 0 Å². The number of aromatic nitrogens is 1. The molecule has 0 spiro atoms. The minimum atomic E-state index is -0.256. The molecule has 0 aliphatic carbocycles. The lowest BCUT2D eigenvalue weighted by Gasteiger charge is -2.17. The van der Waals surface area contributed by atoms with E-state index in [1.807, 2.05) is 36.4 Å². The van der Waals surface area contributed by atoms with Crippen molar-refractivity contribution in [3.8, 4) is 0 Å². The third kappa shape index (κ3) is 5.10. The van der Waals surface area contributed by atoms with E-state index < -0.39 is 0 Å². The highest BCUT2D eigenvalue weighted by Crippen LogP contribution is 2.33. The van der Waals surface area contributed by atoms with Crippen LogP contribution in [0.1, 0.15) is 23.6 Å². The highest BCUT2D eigenvalue weighted by atomic mass is 35.5. The van der Waals surface area contributed by atoms with Crippen molar-refractivity contribution in [2.24, 2.45) is 5.10 Å². The number of carbonyl (C=O) groups excluding carboxylic acids is 1. The largest absolute Gasteiger partial charge is 0.273 e. The van der Waals surface area contributed by atoms with Crippen LogP contribution >= 0.6 is 34.8 Å². The zero-order valence-corrected chi connectivity index (χ0v) is 17.2. The fourth-order valence-electron chi connectivity index (χ4n) is 2.59. The molecule has 0 saturated carbocycles. The van der Waals surface area contributed by atoms with Gasteiger partial charge >= 0.3 is 0 Å². The van der Waals surface area contributed by atoms with Crippen LogP contribution in [0.15, 0.2) is 65.9 Å². The second-order valence-electron chi connectivity index (χ2n) is 6.04. The predicted octanol–water partition coefficient (Wildman–Crippen LogP) is 6.02. The molecule has 1 amide bonds. The normalized spacial score (nSPS) is 11.0. The van der Waals surface area contributed by atoms with Gasteiger partial charge < -0.3 is 0 Å². The zero-order chi connectivity index (χ0) is 20.1. The molecule has 0 unspecified atom stereocenters. The van der Waals surface area contributed by atoms with Crippen LogP contribution in [-0.4, -0.2) is 17.1 Å². The first-order chi connectivity index (χ1) is 13.4. The summed E-state index contributed by atoms with van der Waals surface area (Å²) in [5, 5.41) is 6.86. The van der Waals surface area contributed by atoms with Gasteiger partial charge in [-0.15, -0.1) is 0 Å². The maximum absolute atomic E-state index is 12.1. The lowest BCUT2D eigenvalue weighted by Crippen LogP contribution is -2.22. The monoisotopic (exact) mass is 431 g/mol. The van der Waals surface area contributed by atoms with E-state index in [1.165, 1.54) is 11.9 Å². The fourth-order valence-corrected chi connectivity index (χ4v) is 3.31. The maximum atomic E-state index is 12.1. The number of hydrazone groups is 1. The average molecular weight is 433 g/mol. The summed E-state index contributed by atoms with van der Waals surface area (Å²) in [6.45, 7) is 1.43. The Morgan fingerprint density at radius 2 is 1.75 bits per heavy atom. The van der Waals surface area contributed by atoms with Crippen molar-refractivity contribution >= 4 is 52.6 Å². The Labute approximate surface area is 178 Å². The molecule has 0 aliphatic rings. The first-order valence-electron chi connectivity index (χ1n) is 8.42. The Kier molecular flexibility index (Phi) is 6.68. The van der Waals surface area contributed by atoms with Crippen LogP contribution in [-0.2, 0) is 11.2 Å².